The molecule has 2 heterocycles. The number of halogens is 3. The molecule has 0 spiro atoms. The van der Waals surface area contributed by atoms with Gasteiger partial charge >= 0.3 is 0 Å². The lowest BCUT2D eigenvalue weighted by atomic mass is 10.2. The Bertz CT molecular complexity index is 782. The van der Waals surface area contributed by atoms with Gasteiger partial charge in [0.15, 0.2) is 5.82 Å². The standard InChI is InChI=1S/C12H7ClF2N4S/c13-7-3-5(14)4-8(15)9(7)17-10-6-1-2-20-11(6)19-12(16)18-10/h1-4H,(H3,16,17,18,19). The zero-order valence-corrected chi connectivity index (χ0v) is 11.4. The van der Waals surface area contributed by atoms with Gasteiger partial charge in [-0.1, -0.05) is 11.6 Å². The molecule has 2 aromatic heterocycles. The molecule has 0 aliphatic carbocycles. The van der Waals surface area contributed by atoms with E-state index in [4.69, 9.17) is 17.3 Å². The maximum Gasteiger partial charge on any atom is 0.223 e. The summed E-state index contributed by atoms with van der Waals surface area (Å²) >= 11 is 7.21. The first kappa shape index (κ1) is 13.0. The van der Waals surface area contributed by atoms with Gasteiger partial charge in [-0.2, -0.15) is 4.98 Å². The minimum absolute atomic E-state index is 0.0566. The molecule has 102 valence electrons. The number of aromatic nitrogens is 2. The number of fused-ring (bicyclic) bond motifs is 1. The molecule has 3 N–H and O–H groups in total. The van der Waals surface area contributed by atoms with Gasteiger partial charge in [-0.05, 0) is 17.5 Å². The normalized spacial score (nSPS) is 10.9. The summed E-state index contributed by atoms with van der Waals surface area (Å²) in [6.07, 6.45) is 0. The largest absolute Gasteiger partial charge is 0.368 e. The fourth-order valence-electron chi connectivity index (χ4n) is 1.75. The monoisotopic (exact) mass is 312 g/mol. The van der Waals surface area contributed by atoms with Crippen LogP contribution in [0.15, 0.2) is 23.6 Å². The van der Waals surface area contributed by atoms with Gasteiger partial charge in [0.25, 0.3) is 0 Å². The second kappa shape index (κ2) is 4.84. The number of nitrogens with two attached hydrogens (primary N) is 1. The lowest BCUT2D eigenvalue weighted by Gasteiger charge is -2.10. The molecule has 0 aliphatic heterocycles. The van der Waals surface area contributed by atoms with Crippen LogP contribution in [0.3, 0.4) is 0 Å². The summed E-state index contributed by atoms with van der Waals surface area (Å²) in [6.45, 7) is 0. The first-order chi connectivity index (χ1) is 9.54. The van der Waals surface area contributed by atoms with Crippen LogP contribution >= 0.6 is 22.9 Å². The molecular formula is C12H7ClF2N4S. The Morgan fingerprint density at radius 1 is 1.25 bits per heavy atom. The maximum atomic E-state index is 13.8. The van der Waals surface area contributed by atoms with Crippen molar-refractivity contribution in [3.05, 3.63) is 40.2 Å². The highest BCUT2D eigenvalue weighted by Crippen LogP contribution is 2.32. The Morgan fingerprint density at radius 3 is 2.80 bits per heavy atom. The molecule has 3 rings (SSSR count). The molecule has 0 fully saturated rings. The lowest BCUT2D eigenvalue weighted by Crippen LogP contribution is -2.02. The van der Waals surface area contributed by atoms with E-state index >= 15 is 0 Å². The van der Waals surface area contributed by atoms with Crippen LogP contribution in [0.1, 0.15) is 0 Å². The van der Waals surface area contributed by atoms with E-state index in [-0.39, 0.29) is 16.7 Å². The second-order valence-corrected chi connectivity index (χ2v) is 5.24. The van der Waals surface area contributed by atoms with E-state index in [1.807, 2.05) is 5.38 Å². The smallest absolute Gasteiger partial charge is 0.223 e. The number of anilines is 3. The Morgan fingerprint density at radius 2 is 2.05 bits per heavy atom. The van der Waals surface area contributed by atoms with Gasteiger partial charge in [0, 0.05) is 6.07 Å². The van der Waals surface area contributed by atoms with Crippen LogP contribution in [0.25, 0.3) is 10.2 Å². The van der Waals surface area contributed by atoms with Crippen molar-refractivity contribution in [2.24, 2.45) is 0 Å². The quantitative estimate of drug-likeness (QED) is 0.752. The molecular weight excluding hydrogens is 306 g/mol. The highest BCUT2D eigenvalue weighted by molar-refractivity contribution is 7.16. The van der Waals surface area contributed by atoms with Crippen molar-refractivity contribution in [3.8, 4) is 0 Å². The highest BCUT2D eigenvalue weighted by Gasteiger charge is 2.14. The van der Waals surface area contributed by atoms with Crippen molar-refractivity contribution in [1.29, 1.82) is 0 Å². The summed E-state index contributed by atoms with van der Waals surface area (Å²) in [5, 5.41) is 5.16. The third kappa shape index (κ3) is 2.25. The molecule has 0 radical (unpaired) electrons. The predicted molar refractivity (Wildman–Crippen MR) is 76.5 cm³/mol. The van der Waals surface area contributed by atoms with Crippen molar-refractivity contribution in [1.82, 2.24) is 9.97 Å². The van der Waals surface area contributed by atoms with Gasteiger partial charge in [-0.25, -0.2) is 13.8 Å². The minimum atomic E-state index is -0.810. The second-order valence-electron chi connectivity index (χ2n) is 3.94. The topological polar surface area (TPSA) is 63.8 Å². The molecule has 4 nitrogen and oxygen atoms in total. The highest BCUT2D eigenvalue weighted by atomic mass is 35.5. The van der Waals surface area contributed by atoms with Crippen molar-refractivity contribution in [3.63, 3.8) is 0 Å². The van der Waals surface area contributed by atoms with E-state index in [1.54, 1.807) is 6.07 Å². The fourth-order valence-corrected chi connectivity index (χ4v) is 2.76. The van der Waals surface area contributed by atoms with Gasteiger partial charge in [0.05, 0.1) is 16.1 Å². The van der Waals surface area contributed by atoms with Gasteiger partial charge < -0.3 is 11.1 Å². The van der Waals surface area contributed by atoms with Crippen LogP contribution in [0, 0.1) is 11.6 Å². The number of nitrogens with zero attached hydrogens (tertiary/aromatic N) is 2. The predicted octanol–water partition coefficient (Wildman–Crippen LogP) is 3.95. The molecule has 8 heteroatoms. The molecule has 20 heavy (non-hydrogen) atoms. The van der Waals surface area contributed by atoms with E-state index < -0.39 is 11.6 Å². The molecule has 0 saturated heterocycles. The van der Waals surface area contributed by atoms with Gasteiger partial charge in [0.1, 0.15) is 16.5 Å². The van der Waals surface area contributed by atoms with Crippen LogP contribution in [-0.4, -0.2) is 9.97 Å². The molecule has 0 atom stereocenters. The number of nitrogens with one attached hydrogen (secondary N) is 1. The summed E-state index contributed by atoms with van der Waals surface area (Å²) in [4.78, 5) is 8.74. The Labute approximate surface area is 121 Å². The molecule has 1 aromatic carbocycles. The lowest BCUT2D eigenvalue weighted by molar-refractivity contribution is 0.586. The maximum absolute atomic E-state index is 13.8. The average Bonchev–Trinajstić information content (AvgIpc) is 2.81. The number of thiophene rings is 1. The Balaban J connectivity index is 2.12. The van der Waals surface area contributed by atoms with Crippen LogP contribution in [0.2, 0.25) is 5.02 Å². The zero-order chi connectivity index (χ0) is 14.3. The Kier molecular flexibility index (Phi) is 3.15. The summed E-state index contributed by atoms with van der Waals surface area (Å²) in [5.41, 5.74) is 5.54. The molecule has 0 saturated carbocycles. The van der Waals surface area contributed by atoms with Crippen LogP contribution in [0.5, 0.6) is 0 Å². The molecule has 0 bridgehead atoms. The van der Waals surface area contributed by atoms with Crippen molar-refractivity contribution >= 4 is 50.6 Å². The van der Waals surface area contributed by atoms with Crippen LogP contribution in [-0.2, 0) is 0 Å². The first-order valence-corrected chi connectivity index (χ1v) is 6.72. The van der Waals surface area contributed by atoms with Gasteiger partial charge in [-0.15, -0.1) is 11.3 Å². The molecule has 0 unspecified atom stereocenters. The molecule has 0 aliphatic rings. The molecule has 0 amide bonds. The number of hydrogen-bond acceptors (Lipinski definition) is 5. The average molecular weight is 313 g/mol. The Hall–Kier alpha value is -1.99. The van der Waals surface area contributed by atoms with E-state index in [0.717, 1.165) is 12.1 Å². The third-order valence-electron chi connectivity index (χ3n) is 2.59. The summed E-state index contributed by atoms with van der Waals surface area (Å²) in [6, 6.07) is 3.53. The summed E-state index contributed by atoms with van der Waals surface area (Å²) in [5.74, 6) is -1.18. The van der Waals surface area contributed by atoms with Gasteiger partial charge in [-0.3, -0.25) is 0 Å². The number of nitrogen functional groups attached to an aromatic ring is 1. The van der Waals surface area contributed by atoms with E-state index in [9.17, 15) is 8.78 Å². The fraction of sp³-hybridized carbons (Fsp3) is 0. The zero-order valence-electron chi connectivity index (χ0n) is 9.82. The molecule has 3 aromatic rings. The van der Waals surface area contributed by atoms with Crippen LogP contribution < -0.4 is 11.1 Å². The van der Waals surface area contributed by atoms with E-state index in [0.29, 0.717) is 16.0 Å². The SMILES string of the molecule is Nc1nc(Nc2c(F)cc(F)cc2Cl)c2ccsc2n1. The number of rotatable bonds is 2. The minimum Gasteiger partial charge on any atom is -0.368 e. The van der Waals surface area contributed by atoms with E-state index in [2.05, 4.69) is 15.3 Å². The van der Waals surface area contributed by atoms with Crippen molar-refractivity contribution < 1.29 is 8.78 Å². The third-order valence-corrected chi connectivity index (χ3v) is 3.70. The number of benzene rings is 1. The van der Waals surface area contributed by atoms with Crippen LogP contribution in [0.4, 0.5) is 26.2 Å². The summed E-state index contributed by atoms with van der Waals surface area (Å²) < 4.78 is 26.8. The van der Waals surface area contributed by atoms with Crippen molar-refractivity contribution in [2.75, 3.05) is 11.1 Å². The van der Waals surface area contributed by atoms with Gasteiger partial charge in [0.2, 0.25) is 5.95 Å². The first-order valence-electron chi connectivity index (χ1n) is 5.47. The van der Waals surface area contributed by atoms with E-state index in [1.165, 1.54) is 11.3 Å². The van der Waals surface area contributed by atoms with Crippen molar-refractivity contribution in [2.45, 2.75) is 0 Å². The summed E-state index contributed by atoms with van der Waals surface area (Å²) in [7, 11) is 0. The number of hydrogen-bond donors (Lipinski definition) is 2.